The van der Waals surface area contributed by atoms with Gasteiger partial charge >= 0.3 is 0 Å². The molecule has 0 fully saturated rings. The van der Waals surface area contributed by atoms with Crippen LogP contribution in [0.4, 0.5) is 0 Å². The summed E-state index contributed by atoms with van der Waals surface area (Å²) in [6.07, 6.45) is 0. The van der Waals surface area contributed by atoms with Crippen LogP contribution in [0.5, 0.6) is 5.75 Å². The number of rotatable bonds is 4. The van der Waals surface area contributed by atoms with E-state index in [1.54, 1.807) is 13.0 Å². The van der Waals surface area contributed by atoms with E-state index in [1.165, 1.54) is 0 Å². The van der Waals surface area contributed by atoms with Crippen molar-refractivity contribution in [3.05, 3.63) is 59.7 Å². The van der Waals surface area contributed by atoms with Crippen LogP contribution < -0.4 is 5.30 Å². The molecule has 0 bridgehead atoms. The average molecular weight is 286 g/mol. The standard InChI is InChI=1S/C17H19O2P/c1-12(18)13-8-4-7-11-16(13)20-17(2,3)14-9-5-6-10-15(14)19/h4-11,19-20H,1-3H3. The molecule has 2 aromatic carbocycles. The first-order chi connectivity index (χ1) is 9.42. The van der Waals surface area contributed by atoms with Gasteiger partial charge < -0.3 is 5.11 Å². The zero-order valence-corrected chi connectivity index (χ0v) is 13.0. The van der Waals surface area contributed by atoms with E-state index in [0.29, 0.717) is 14.3 Å². The maximum absolute atomic E-state index is 11.7. The van der Waals surface area contributed by atoms with Crippen LogP contribution in [0.3, 0.4) is 0 Å². The zero-order chi connectivity index (χ0) is 14.8. The topological polar surface area (TPSA) is 37.3 Å². The number of carbonyl (C=O) groups is 1. The van der Waals surface area contributed by atoms with Crippen LogP contribution in [0.1, 0.15) is 36.7 Å². The normalized spacial score (nSPS) is 11.9. The van der Waals surface area contributed by atoms with Gasteiger partial charge in [0.05, 0.1) is 0 Å². The van der Waals surface area contributed by atoms with Crippen LogP contribution in [0, 0.1) is 0 Å². The van der Waals surface area contributed by atoms with E-state index >= 15 is 0 Å². The Bertz CT molecular complexity index is 632. The van der Waals surface area contributed by atoms with Crippen LogP contribution in [-0.4, -0.2) is 10.9 Å². The zero-order valence-electron chi connectivity index (χ0n) is 12.0. The van der Waals surface area contributed by atoms with E-state index in [9.17, 15) is 9.90 Å². The third-order valence-electron chi connectivity index (χ3n) is 3.33. The highest BCUT2D eigenvalue weighted by Gasteiger charge is 2.25. The first kappa shape index (κ1) is 14.7. The van der Waals surface area contributed by atoms with Crippen molar-refractivity contribution in [3.63, 3.8) is 0 Å². The third kappa shape index (κ3) is 3.08. The smallest absolute Gasteiger partial charge is 0.160 e. The van der Waals surface area contributed by atoms with E-state index in [4.69, 9.17) is 0 Å². The van der Waals surface area contributed by atoms with Crippen molar-refractivity contribution in [2.75, 3.05) is 0 Å². The molecule has 3 heteroatoms. The van der Waals surface area contributed by atoms with Crippen molar-refractivity contribution in [2.24, 2.45) is 0 Å². The number of phenols is 1. The maximum atomic E-state index is 11.7. The first-order valence-electron chi connectivity index (χ1n) is 6.58. The van der Waals surface area contributed by atoms with E-state index in [2.05, 4.69) is 13.8 Å². The van der Waals surface area contributed by atoms with Gasteiger partial charge in [-0.15, -0.1) is 0 Å². The van der Waals surface area contributed by atoms with Gasteiger partial charge in [0, 0.05) is 16.3 Å². The second kappa shape index (κ2) is 5.76. The highest BCUT2D eigenvalue weighted by atomic mass is 31.1. The Morgan fingerprint density at radius 2 is 1.65 bits per heavy atom. The fraction of sp³-hybridized carbons (Fsp3) is 0.235. The predicted molar refractivity (Wildman–Crippen MR) is 85.5 cm³/mol. The third-order valence-corrected chi connectivity index (χ3v) is 4.93. The highest BCUT2D eigenvalue weighted by Crippen LogP contribution is 2.44. The fourth-order valence-corrected chi connectivity index (χ4v) is 3.90. The lowest BCUT2D eigenvalue weighted by atomic mass is 10.0. The quantitative estimate of drug-likeness (QED) is 0.685. The van der Waals surface area contributed by atoms with Gasteiger partial charge in [-0.2, -0.15) is 0 Å². The second-order valence-electron chi connectivity index (χ2n) is 5.37. The molecule has 0 amide bonds. The number of phenolic OH excluding ortho intramolecular Hbond substituents is 1. The Morgan fingerprint density at radius 3 is 2.30 bits per heavy atom. The van der Waals surface area contributed by atoms with E-state index in [-0.39, 0.29) is 10.9 Å². The number of hydrogen-bond donors (Lipinski definition) is 1. The van der Waals surface area contributed by atoms with Crippen LogP contribution in [0.2, 0.25) is 0 Å². The molecule has 0 spiro atoms. The van der Waals surface area contributed by atoms with Gasteiger partial charge in [-0.1, -0.05) is 64.9 Å². The molecule has 2 nitrogen and oxygen atoms in total. The Hall–Kier alpha value is -1.66. The number of ketones is 1. The summed E-state index contributed by atoms with van der Waals surface area (Å²) < 4.78 is 0. The molecule has 0 aliphatic carbocycles. The molecule has 0 saturated carbocycles. The maximum Gasteiger partial charge on any atom is 0.160 e. The number of Topliss-reactive ketones (excluding diaryl/α,β-unsaturated/α-hetero) is 1. The first-order valence-corrected chi connectivity index (χ1v) is 7.58. The van der Waals surface area contributed by atoms with Gasteiger partial charge in [0.1, 0.15) is 5.75 Å². The molecular formula is C17H19O2P. The summed E-state index contributed by atoms with van der Waals surface area (Å²) in [5.41, 5.74) is 1.69. The molecule has 2 rings (SSSR count). The summed E-state index contributed by atoms with van der Waals surface area (Å²) in [6, 6.07) is 15.1. The minimum absolute atomic E-state index is 0.0844. The molecule has 0 aliphatic heterocycles. The lowest BCUT2D eigenvalue weighted by molar-refractivity contribution is 0.101. The van der Waals surface area contributed by atoms with Gasteiger partial charge in [0.25, 0.3) is 0 Å². The number of benzene rings is 2. The van der Waals surface area contributed by atoms with Crippen LogP contribution in [-0.2, 0) is 5.16 Å². The van der Waals surface area contributed by atoms with Crippen molar-refractivity contribution in [1.82, 2.24) is 0 Å². The summed E-state index contributed by atoms with van der Waals surface area (Å²) in [7, 11) is 0.416. The molecule has 0 heterocycles. The molecule has 1 atom stereocenters. The Labute approximate surface area is 121 Å². The van der Waals surface area contributed by atoms with Gasteiger partial charge in [0.15, 0.2) is 5.78 Å². The SMILES string of the molecule is CC(=O)c1ccccc1PC(C)(C)c1ccccc1O. The van der Waals surface area contributed by atoms with E-state index < -0.39 is 0 Å². The minimum atomic E-state index is -0.211. The lowest BCUT2D eigenvalue weighted by Crippen LogP contribution is -2.18. The number of aromatic hydroxyl groups is 1. The Balaban J connectivity index is 2.39. The second-order valence-corrected chi connectivity index (χ2v) is 7.41. The van der Waals surface area contributed by atoms with Crippen LogP contribution in [0.15, 0.2) is 48.5 Å². The molecule has 20 heavy (non-hydrogen) atoms. The molecule has 0 radical (unpaired) electrons. The number of carbonyl (C=O) groups excluding carboxylic acids is 1. The van der Waals surface area contributed by atoms with Crippen LogP contribution in [0.25, 0.3) is 0 Å². The molecule has 2 aromatic rings. The van der Waals surface area contributed by atoms with Crippen molar-refractivity contribution >= 4 is 19.7 Å². The summed E-state index contributed by atoms with van der Waals surface area (Å²) in [6.45, 7) is 5.78. The largest absolute Gasteiger partial charge is 0.508 e. The van der Waals surface area contributed by atoms with Gasteiger partial charge in [0.2, 0.25) is 0 Å². The van der Waals surface area contributed by atoms with Gasteiger partial charge in [-0.25, -0.2) is 0 Å². The molecule has 0 aliphatic rings. The van der Waals surface area contributed by atoms with Crippen molar-refractivity contribution < 1.29 is 9.90 Å². The molecular weight excluding hydrogens is 267 g/mol. The number of hydrogen-bond acceptors (Lipinski definition) is 2. The lowest BCUT2D eigenvalue weighted by Gasteiger charge is -2.27. The average Bonchev–Trinajstić information content (AvgIpc) is 2.39. The van der Waals surface area contributed by atoms with Crippen LogP contribution >= 0.6 is 8.58 Å². The van der Waals surface area contributed by atoms with Crippen molar-refractivity contribution in [3.8, 4) is 5.75 Å². The molecule has 1 N–H and O–H groups in total. The summed E-state index contributed by atoms with van der Waals surface area (Å²) in [4.78, 5) is 11.7. The monoisotopic (exact) mass is 286 g/mol. The summed E-state index contributed by atoms with van der Waals surface area (Å²) >= 11 is 0. The Morgan fingerprint density at radius 1 is 1.05 bits per heavy atom. The summed E-state index contributed by atoms with van der Waals surface area (Å²) in [5.74, 6) is 0.395. The molecule has 0 aromatic heterocycles. The minimum Gasteiger partial charge on any atom is -0.508 e. The van der Waals surface area contributed by atoms with Crippen molar-refractivity contribution in [1.29, 1.82) is 0 Å². The van der Waals surface area contributed by atoms with Gasteiger partial charge in [-0.3, -0.25) is 4.79 Å². The predicted octanol–water partition coefficient (Wildman–Crippen LogP) is 3.83. The fourth-order valence-electron chi connectivity index (χ4n) is 2.31. The molecule has 0 saturated heterocycles. The summed E-state index contributed by atoms with van der Waals surface area (Å²) in [5, 5.41) is 10.9. The van der Waals surface area contributed by atoms with Crippen molar-refractivity contribution in [2.45, 2.75) is 25.9 Å². The van der Waals surface area contributed by atoms with E-state index in [0.717, 1.165) is 16.4 Å². The van der Waals surface area contributed by atoms with E-state index in [1.807, 2.05) is 42.5 Å². The highest BCUT2D eigenvalue weighted by molar-refractivity contribution is 7.48. The Kier molecular flexibility index (Phi) is 4.25. The van der Waals surface area contributed by atoms with Gasteiger partial charge in [-0.05, 0) is 18.3 Å². The molecule has 1 unspecified atom stereocenters. The molecule has 104 valence electrons. The number of para-hydroxylation sites is 1.